The molecule has 36 heavy (non-hydrogen) atoms. The SMILES string of the molecule is c1ccc(-c2ccc(-c3ccc(-c4c5ccccc5cc5ccccc45)cc3)c3ccccc23)cc1. The van der Waals surface area contributed by atoms with E-state index in [0.717, 1.165) is 0 Å². The van der Waals surface area contributed by atoms with Crippen LogP contribution in [0.25, 0.3) is 65.7 Å². The summed E-state index contributed by atoms with van der Waals surface area (Å²) in [5.41, 5.74) is 7.57. The average molecular weight is 457 g/mol. The molecule has 0 fully saturated rings. The molecule has 0 aliphatic carbocycles. The first-order valence-electron chi connectivity index (χ1n) is 12.5. The molecule has 0 aliphatic rings. The molecule has 0 spiro atoms. The highest BCUT2D eigenvalue weighted by Crippen LogP contribution is 2.39. The van der Waals surface area contributed by atoms with Gasteiger partial charge in [0.1, 0.15) is 0 Å². The van der Waals surface area contributed by atoms with Crippen molar-refractivity contribution < 1.29 is 0 Å². The van der Waals surface area contributed by atoms with Gasteiger partial charge in [0.05, 0.1) is 0 Å². The van der Waals surface area contributed by atoms with Crippen LogP contribution in [-0.4, -0.2) is 0 Å². The number of hydrogen-bond donors (Lipinski definition) is 0. The lowest BCUT2D eigenvalue weighted by molar-refractivity contribution is 1.62. The third kappa shape index (κ3) is 3.39. The highest BCUT2D eigenvalue weighted by Gasteiger charge is 2.12. The molecule has 0 atom stereocenters. The van der Waals surface area contributed by atoms with Gasteiger partial charge in [0.25, 0.3) is 0 Å². The summed E-state index contributed by atoms with van der Waals surface area (Å²) in [6.45, 7) is 0. The fraction of sp³-hybridized carbons (Fsp3) is 0. The molecule has 168 valence electrons. The van der Waals surface area contributed by atoms with E-state index in [0.29, 0.717) is 0 Å². The van der Waals surface area contributed by atoms with E-state index in [1.165, 1.54) is 65.7 Å². The molecule has 0 aromatic heterocycles. The van der Waals surface area contributed by atoms with E-state index in [-0.39, 0.29) is 0 Å². The Morgan fingerprint density at radius 3 is 1.25 bits per heavy atom. The molecule has 0 unspecified atom stereocenters. The maximum atomic E-state index is 2.29. The number of fused-ring (bicyclic) bond motifs is 3. The lowest BCUT2D eigenvalue weighted by Gasteiger charge is -2.14. The van der Waals surface area contributed by atoms with Gasteiger partial charge in [-0.05, 0) is 71.8 Å². The first-order valence-corrected chi connectivity index (χ1v) is 12.5. The van der Waals surface area contributed by atoms with Crippen molar-refractivity contribution >= 4 is 32.3 Å². The molecule has 0 saturated carbocycles. The standard InChI is InChI=1S/C36H24/c1-2-10-25(11-3-1)30-22-23-31(35-17-9-8-16-34(30)35)26-18-20-27(21-19-26)36-32-14-6-4-12-28(32)24-29-13-5-7-15-33(29)36/h1-24H. The van der Waals surface area contributed by atoms with Crippen LogP contribution in [0.4, 0.5) is 0 Å². The van der Waals surface area contributed by atoms with Crippen molar-refractivity contribution in [3.05, 3.63) is 146 Å². The van der Waals surface area contributed by atoms with Crippen LogP contribution in [0, 0.1) is 0 Å². The van der Waals surface area contributed by atoms with Gasteiger partial charge < -0.3 is 0 Å². The molecule has 7 aromatic rings. The smallest absolute Gasteiger partial charge is 0.00268 e. The van der Waals surface area contributed by atoms with E-state index in [4.69, 9.17) is 0 Å². The molecule has 0 bridgehead atoms. The van der Waals surface area contributed by atoms with Gasteiger partial charge in [-0.3, -0.25) is 0 Å². The highest BCUT2D eigenvalue weighted by atomic mass is 14.2. The van der Waals surface area contributed by atoms with Crippen molar-refractivity contribution in [2.24, 2.45) is 0 Å². The van der Waals surface area contributed by atoms with Crippen LogP contribution in [0.1, 0.15) is 0 Å². The van der Waals surface area contributed by atoms with E-state index in [2.05, 4.69) is 146 Å². The minimum absolute atomic E-state index is 1.24. The Bertz CT molecular complexity index is 1810. The molecule has 0 heterocycles. The lowest BCUT2D eigenvalue weighted by Crippen LogP contribution is -1.88. The molecule has 7 aromatic carbocycles. The molecular weight excluding hydrogens is 432 g/mol. The zero-order valence-corrected chi connectivity index (χ0v) is 19.9. The largest absolute Gasteiger partial charge is 0.0622 e. The average Bonchev–Trinajstić information content (AvgIpc) is 2.96. The number of benzene rings is 7. The second kappa shape index (κ2) is 8.52. The normalized spacial score (nSPS) is 11.3. The Labute approximate surface area is 211 Å². The maximum Gasteiger partial charge on any atom is -0.00268 e. The Kier molecular flexibility index (Phi) is 4.89. The van der Waals surface area contributed by atoms with Crippen LogP contribution in [-0.2, 0) is 0 Å². The van der Waals surface area contributed by atoms with Crippen LogP contribution >= 0.6 is 0 Å². The van der Waals surface area contributed by atoms with E-state index in [9.17, 15) is 0 Å². The maximum absolute atomic E-state index is 2.29. The Balaban J connectivity index is 1.39. The first kappa shape index (κ1) is 20.7. The van der Waals surface area contributed by atoms with Crippen LogP contribution in [0.5, 0.6) is 0 Å². The predicted molar refractivity (Wildman–Crippen MR) is 155 cm³/mol. The summed E-state index contributed by atoms with van der Waals surface area (Å²) in [7, 11) is 0. The third-order valence-corrected chi connectivity index (χ3v) is 7.26. The van der Waals surface area contributed by atoms with Gasteiger partial charge in [0, 0.05) is 0 Å². The quantitative estimate of drug-likeness (QED) is 0.232. The van der Waals surface area contributed by atoms with Gasteiger partial charge in [0.15, 0.2) is 0 Å². The molecular formula is C36H24. The second-order valence-corrected chi connectivity index (χ2v) is 9.34. The fourth-order valence-corrected chi connectivity index (χ4v) is 5.56. The van der Waals surface area contributed by atoms with Gasteiger partial charge in [-0.1, -0.05) is 140 Å². The monoisotopic (exact) mass is 456 g/mol. The summed E-state index contributed by atoms with van der Waals surface area (Å²) in [5.74, 6) is 0. The first-order chi connectivity index (χ1) is 17.9. The van der Waals surface area contributed by atoms with Gasteiger partial charge in [0.2, 0.25) is 0 Å². The highest BCUT2D eigenvalue weighted by molar-refractivity contribution is 6.13. The van der Waals surface area contributed by atoms with Crippen molar-refractivity contribution in [1.82, 2.24) is 0 Å². The van der Waals surface area contributed by atoms with Crippen LogP contribution in [0.15, 0.2) is 146 Å². The summed E-state index contributed by atoms with van der Waals surface area (Å²) in [5, 5.41) is 7.70. The molecule has 0 amide bonds. The van der Waals surface area contributed by atoms with Gasteiger partial charge in [-0.15, -0.1) is 0 Å². The van der Waals surface area contributed by atoms with Crippen LogP contribution < -0.4 is 0 Å². The molecule has 0 radical (unpaired) electrons. The van der Waals surface area contributed by atoms with Crippen molar-refractivity contribution in [3.63, 3.8) is 0 Å². The molecule has 0 saturated heterocycles. The predicted octanol–water partition coefficient (Wildman–Crippen LogP) is 10.1. The van der Waals surface area contributed by atoms with Gasteiger partial charge in [-0.25, -0.2) is 0 Å². The zero-order chi connectivity index (χ0) is 23.9. The summed E-state index contributed by atoms with van der Waals surface area (Å²) < 4.78 is 0. The Morgan fingerprint density at radius 1 is 0.278 bits per heavy atom. The van der Waals surface area contributed by atoms with Crippen LogP contribution in [0.3, 0.4) is 0 Å². The van der Waals surface area contributed by atoms with Crippen molar-refractivity contribution in [2.75, 3.05) is 0 Å². The molecule has 0 nitrogen and oxygen atoms in total. The van der Waals surface area contributed by atoms with E-state index in [1.807, 2.05) is 0 Å². The van der Waals surface area contributed by atoms with Crippen molar-refractivity contribution in [3.8, 4) is 33.4 Å². The fourth-order valence-electron chi connectivity index (χ4n) is 5.56. The van der Waals surface area contributed by atoms with E-state index >= 15 is 0 Å². The van der Waals surface area contributed by atoms with Crippen molar-refractivity contribution in [1.29, 1.82) is 0 Å². The van der Waals surface area contributed by atoms with E-state index in [1.54, 1.807) is 0 Å². The van der Waals surface area contributed by atoms with Crippen molar-refractivity contribution in [2.45, 2.75) is 0 Å². The van der Waals surface area contributed by atoms with E-state index < -0.39 is 0 Å². The second-order valence-electron chi connectivity index (χ2n) is 9.34. The van der Waals surface area contributed by atoms with Gasteiger partial charge in [-0.2, -0.15) is 0 Å². The molecule has 0 aliphatic heterocycles. The number of rotatable bonds is 3. The number of hydrogen-bond acceptors (Lipinski definition) is 0. The summed E-state index contributed by atoms with van der Waals surface area (Å²) in [6.07, 6.45) is 0. The Morgan fingerprint density at radius 2 is 0.694 bits per heavy atom. The molecule has 0 N–H and O–H groups in total. The summed E-state index contributed by atoms with van der Waals surface area (Å²) in [6, 6.07) is 52.7. The van der Waals surface area contributed by atoms with Gasteiger partial charge >= 0.3 is 0 Å². The summed E-state index contributed by atoms with van der Waals surface area (Å²) in [4.78, 5) is 0. The molecule has 7 rings (SSSR count). The van der Waals surface area contributed by atoms with Crippen LogP contribution in [0.2, 0.25) is 0 Å². The third-order valence-electron chi connectivity index (χ3n) is 7.26. The minimum atomic E-state index is 1.24. The zero-order valence-electron chi connectivity index (χ0n) is 19.9. The lowest BCUT2D eigenvalue weighted by atomic mass is 9.89. The minimum Gasteiger partial charge on any atom is -0.0622 e. The Hall–Kier alpha value is -4.68. The molecule has 0 heteroatoms. The topological polar surface area (TPSA) is 0 Å². The summed E-state index contributed by atoms with van der Waals surface area (Å²) >= 11 is 0.